The monoisotopic (exact) mass is 578 g/mol. The van der Waals surface area contributed by atoms with Crippen LogP contribution in [0, 0.1) is 13.8 Å². The SMILES string of the molecule is C=C/C(=C\C(=C/C)B(c1c(C)ccc2ccccc12)c1c(C)ccc2ccccc12)c1ccc2c(c1)C(C)(C)c1ccccc1-2. The van der Waals surface area contributed by atoms with Crippen molar-refractivity contribution in [2.24, 2.45) is 0 Å². The quantitative estimate of drug-likeness (QED) is 0.136. The average molecular weight is 579 g/mol. The van der Waals surface area contributed by atoms with Crippen molar-refractivity contribution in [2.75, 3.05) is 0 Å². The molecule has 6 aromatic carbocycles. The van der Waals surface area contributed by atoms with Gasteiger partial charge in [-0.25, -0.2) is 0 Å². The van der Waals surface area contributed by atoms with Gasteiger partial charge in [0.2, 0.25) is 6.71 Å². The number of hydrogen-bond donors (Lipinski definition) is 0. The van der Waals surface area contributed by atoms with E-state index in [1.165, 1.54) is 76.9 Å². The third kappa shape index (κ3) is 4.70. The van der Waals surface area contributed by atoms with Crippen LogP contribution in [0.5, 0.6) is 0 Å². The van der Waals surface area contributed by atoms with Crippen LogP contribution in [0.3, 0.4) is 0 Å². The van der Waals surface area contributed by atoms with E-state index in [2.05, 4.69) is 169 Å². The Balaban J connectivity index is 1.46. The first-order valence-corrected chi connectivity index (χ1v) is 16.0. The number of rotatable bonds is 6. The largest absolute Gasteiger partial charge is 0.243 e. The standard InChI is InChI=1S/C44H39B/c1-7-31(34-25-26-39-38-19-13-14-20-40(38)44(5,6)41(39)28-34)27-35(8-2)45(42-29(3)21-23-32-15-9-11-17-36(32)42)43-30(4)22-24-33-16-10-12-18-37(33)43/h7-28H,1H2,2-6H3/b31-27+,35-8+. The average Bonchev–Trinajstić information content (AvgIpc) is 3.30. The van der Waals surface area contributed by atoms with E-state index in [0.29, 0.717) is 0 Å². The predicted molar refractivity (Wildman–Crippen MR) is 198 cm³/mol. The van der Waals surface area contributed by atoms with Crippen molar-refractivity contribution in [3.8, 4) is 11.1 Å². The Bertz CT molecular complexity index is 2100. The van der Waals surface area contributed by atoms with Crippen molar-refractivity contribution in [2.45, 2.75) is 40.0 Å². The molecule has 1 heteroatoms. The molecule has 0 heterocycles. The molecule has 0 saturated carbocycles. The summed E-state index contributed by atoms with van der Waals surface area (Å²) in [6.45, 7) is 15.8. The summed E-state index contributed by atoms with van der Waals surface area (Å²) in [5.74, 6) is 0. The van der Waals surface area contributed by atoms with Crippen LogP contribution >= 0.6 is 0 Å². The van der Waals surface area contributed by atoms with E-state index >= 15 is 0 Å². The Morgan fingerprint density at radius 1 is 0.644 bits per heavy atom. The second-order valence-electron chi connectivity index (χ2n) is 13.0. The maximum Gasteiger partial charge on any atom is 0.243 e. The van der Waals surface area contributed by atoms with Gasteiger partial charge in [-0.15, -0.1) is 0 Å². The first-order chi connectivity index (χ1) is 21.8. The highest BCUT2D eigenvalue weighted by molar-refractivity contribution is 6.95. The fraction of sp³-hybridized carbons (Fsp3) is 0.136. The number of benzene rings is 6. The first kappa shape index (κ1) is 28.9. The van der Waals surface area contributed by atoms with Gasteiger partial charge >= 0.3 is 0 Å². The zero-order valence-electron chi connectivity index (χ0n) is 27.0. The second-order valence-corrected chi connectivity index (χ2v) is 13.0. The van der Waals surface area contributed by atoms with Gasteiger partial charge in [0.15, 0.2) is 0 Å². The lowest BCUT2D eigenvalue weighted by Gasteiger charge is -2.25. The highest BCUT2D eigenvalue weighted by Crippen LogP contribution is 2.49. The summed E-state index contributed by atoms with van der Waals surface area (Å²) in [4.78, 5) is 0. The number of aryl methyl sites for hydroxylation is 2. The van der Waals surface area contributed by atoms with E-state index in [0.717, 1.165) is 5.57 Å². The second kappa shape index (κ2) is 11.2. The fourth-order valence-electron chi connectivity index (χ4n) is 7.71. The van der Waals surface area contributed by atoms with Crippen LogP contribution in [-0.2, 0) is 5.41 Å². The van der Waals surface area contributed by atoms with Crippen LogP contribution in [0.2, 0.25) is 0 Å². The molecule has 1 aliphatic rings. The Kier molecular flexibility index (Phi) is 7.21. The molecule has 0 fully saturated rings. The van der Waals surface area contributed by atoms with Crippen molar-refractivity contribution < 1.29 is 0 Å². The molecule has 0 amide bonds. The molecule has 0 atom stereocenters. The van der Waals surface area contributed by atoms with Gasteiger partial charge in [0, 0.05) is 5.41 Å². The van der Waals surface area contributed by atoms with Gasteiger partial charge in [0.1, 0.15) is 0 Å². The highest BCUT2D eigenvalue weighted by Gasteiger charge is 2.35. The van der Waals surface area contributed by atoms with Gasteiger partial charge in [-0.05, 0) is 81.8 Å². The summed E-state index contributed by atoms with van der Waals surface area (Å²) in [7, 11) is 0. The molecule has 0 bridgehead atoms. The van der Waals surface area contributed by atoms with Gasteiger partial charge in [-0.2, -0.15) is 0 Å². The topological polar surface area (TPSA) is 0 Å². The fourth-order valence-corrected chi connectivity index (χ4v) is 7.71. The van der Waals surface area contributed by atoms with E-state index in [1.807, 2.05) is 6.08 Å². The maximum absolute atomic E-state index is 4.34. The third-order valence-corrected chi connectivity index (χ3v) is 10.1. The van der Waals surface area contributed by atoms with Crippen LogP contribution in [0.4, 0.5) is 0 Å². The minimum absolute atomic E-state index is 0.0391. The molecule has 1 aliphatic carbocycles. The summed E-state index contributed by atoms with van der Waals surface area (Å²) in [5, 5.41) is 5.15. The van der Waals surface area contributed by atoms with Crippen LogP contribution < -0.4 is 10.9 Å². The van der Waals surface area contributed by atoms with Gasteiger partial charge in [-0.3, -0.25) is 0 Å². The molecule has 45 heavy (non-hydrogen) atoms. The smallest absolute Gasteiger partial charge is 0.0984 e. The van der Waals surface area contributed by atoms with Crippen LogP contribution in [0.1, 0.15) is 48.6 Å². The van der Waals surface area contributed by atoms with Crippen molar-refractivity contribution in [3.63, 3.8) is 0 Å². The summed E-state index contributed by atoms with van der Waals surface area (Å²) in [6.07, 6.45) is 6.73. The zero-order chi connectivity index (χ0) is 31.3. The lowest BCUT2D eigenvalue weighted by molar-refractivity contribution is 0.660. The van der Waals surface area contributed by atoms with Gasteiger partial charge in [-0.1, -0.05) is 175 Å². The predicted octanol–water partition coefficient (Wildman–Crippen LogP) is 10.3. The Labute approximate surface area is 268 Å². The number of allylic oxidation sites excluding steroid dienone is 5. The molecule has 0 unspecified atom stereocenters. The van der Waals surface area contributed by atoms with Crippen molar-refractivity contribution in [1.82, 2.24) is 0 Å². The van der Waals surface area contributed by atoms with Gasteiger partial charge < -0.3 is 0 Å². The normalized spacial score (nSPS) is 14.0. The maximum atomic E-state index is 4.34. The number of hydrogen-bond acceptors (Lipinski definition) is 0. The van der Waals surface area contributed by atoms with Crippen molar-refractivity contribution in [3.05, 3.63) is 173 Å². The molecule has 0 saturated heterocycles. The van der Waals surface area contributed by atoms with Crippen molar-refractivity contribution in [1.29, 1.82) is 0 Å². The van der Waals surface area contributed by atoms with E-state index in [1.54, 1.807) is 0 Å². The van der Waals surface area contributed by atoms with E-state index in [4.69, 9.17) is 0 Å². The molecule has 6 aromatic rings. The molecule has 0 aromatic heterocycles. The molecular weight excluding hydrogens is 539 g/mol. The Morgan fingerprint density at radius 3 is 1.80 bits per heavy atom. The van der Waals surface area contributed by atoms with Crippen LogP contribution in [-0.4, -0.2) is 6.71 Å². The lowest BCUT2D eigenvalue weighted by atomic mass is 9.33. The van der Waals surface area contributed by atoms with Crippen LogP contribution in [0.25, 0.3) is 38.2 Å². The van der Waals surface area contributed by atoms with E-state index in [-0.39, 0.29) is 12.1 Å². The zero-order valence-corrected chi connectivity index (χ0v) is 27.0. The van der Waals surface area contributed by atoms with E-state index < -0.39 is 0 Å². The summed E-state index contributed by atoms with van der Waals surface area (Å²) in [5.41, 5.74) is 14.3. The van der Waals surface area contributed by atoms with Gasteiger partial charge in [0.05, 0.1) is 0 Å². The lowest BCUT2D eigenvalue weighted by Crippen LogP contribution is -2.47. The molecule has 0 radical (unpaired) electrons. The Morgan fingerprint density at radius 2 is 1.20 bits per heavy atom. The first-order valence-electron chi connectivity index (χ1n) is 16.0. The molecule has 0 nitrogen and oxygen atoms in total. The molecule has 0 N–H and O–H groups in total. The molecule has 0 spiro atoms. The number of fused-ring (bicyclic) bond motifs is 5. The third-order valence-electron chi connectivity index (χ3n) is 10.1. The van der Waals surface area contributed by atoms with E-state index in [9.17, 15) is 0 Å². The summed E-state index contributed by atoms with van der Waals surface area (Å²) < 4.78 is 0. The minimum atomic E-state index is -0.0552. The molecule has 7 rings (SSSR count). The Hall–Kier alpha value is -4.88. The van der Waals surface area contributed by atoms with Crippen molar-refractivity contribution >= 4 is 44.8 Å². The van der Waals surface area contributed by atoms with Gasteiger partial charge in [0.25, 0.3) is 0 Å². The van der Waals surface area contributed by atoms with Crippen LogP contribution in [0.15, 0.2) is 146 Å². The molecule has 0 aliphatic heterocycles. The summed E-state index contributed by atoms with van der Waals surface area (Å²) in [6, 6.07) is 42.6. The highest BCUT2D eigenvalue weighted by atomic mass is 14.4. The molecule has 218 valence electrons. The summed E-state index contributed by atoms with van der Waals surface area (Å²) >= 11 is 0. The molecular formula is C44H39B. The minimum Gasteiger partial charge on any atom is -0.0984 e.